The zero-order chi connectivity index (χ0) is 12.8. The number of carbonyl (C=O) groups excluding carboxylic acids is 1. The minimum absolute atomic E-state index is 0.101. The van der Waals surface area contributed by atoms with Gasteiger partial charge in [-0.2, -0.15) is 0 Å². The molecule has 1 rings (SSSR count). The van der Waals surface area contributed by atoms with E-state index in [1.807, 2.05) is 0 Å². The van der Waals surface area contributed by atoms with E-state index >= 15 is 0 Å². The number of hydrogen-bond acceptors (Lipinski definition) is 4. The second-order valence-corrected chi connectivity index (χ2v) is 4.24. The average Bonchev–Trinajstić information content (AvgIpc) is 2.28. The predicted molar refractivity (Wildman–Crippen MR) is 65.4 cm³/mol. The summed E-state index contributed by atoms with van der Waals surface area (Å²) in [6.45, 7) is 0. The minimum atomic E-state index is -0.974. The van der Waals surface area contributed by atoms with E-state index in [0.717, 1.165) is 0 Å². The summed E-state index contributed by atoms with van der Waals surface area (Å²) >= 11 is 3.22. The number of anilines is 1. The van der Waals surface area contributed by atoms with Crippen LogP contribution in [-0.4, -0.2) is 28.0 Å². The monoisotopic (exact) mass is 301 g/mol. The molecule has 1 heterocycles. The van der Waals surface area contributed by atoms with E-state index in [0.29, 0.717) is 10.2 Å². The van der Waals surface area contributed by atoms with Gasteiger partial charge in [0.2, 0.25) is 5.91 Å². The van der Waals surface area contributed by atoms with Crippen LogP contribution in [0.25, 0.3) is 0 Å². The van der Waals surface area contributed by atoms with Crippen LogP contribution in [0.1, 0.15) is 12.8 Å². The molecule has 1 atom stereocenters. The van der Waals surface area contributed by atoms with Crippen LogP contribution in [0.5, 0.6) is 0 Å². The number of aliphatic carboxylic acids is 1. The summed E-state index contributed by atoms with van der Waals surface area (Å²) in [6.07, 6.45) is 3.04. The van der Waals surface area contributed by atoms with E-state index in [-0.39, 0.29) is 12.8 Å². The molecular formula is C10H12BrN3O3. The van der Waals surface area contributed by atoms with Gasteiger partial charge >= 0.3 is 5.97 Å². The first kappa shape index (κ1) is 13.6. The van der Waals surface area contributed by atoms with Crippen molar-refractivity contribution in [2.45, 2.75) is 18.9 Å². The molecule has 17 heavy (non-hydrogen) atoms. The molecule has 0 fully saturated rings. The molecular weight excluding hydrogens is 290 g/mol. The molecule has 0 saturated carbocycles. The lowest BCUT2D eigenvalue weighted by atomic mass is 10.1. The van der Waals surface area contributed by atoms with E-state index in [9.17, 15) is 9.59 Å². The second-order valence-electron chi connectivity index (χ2n) is 3.38. The Morgan fingerprint density at radius 3 is 2.88 bits per heavy atom. The summed E-state index contributed by atoms with van der Waals surface area (Å²) in [6, 6.07) is 0.775. The Morgan fingerprint density at radius 2 is 2.29 bits per heavy atom. The summed E-state index contributed by atoms with van der Waals surface area (Å²) in [4.78, 5) is 25.8. The quantitative estimate of drug-likeness (QED) is 0.751. The van der Waals surface area contributed by atoms with Crippen molar-refractivity contribution in [3.05, 3.63) is 22.9 Å². The lowest BCUT2D eigenvalue weighted by Gasteiger charge is -2.11. The fourth-order valence-corrected chi connectivity index (χ4v) is 1.46. The van der Waals surface area contributed by atoms with E-state index in [4.69, 9.17) is 10.8 Å². The molecule has 0 radical (unpaired) electrons. The number of nitrogens with two attached hydrogens (primary N) is 1. The Hall–Kier alpha value is -1.47. The van der Waals surface area contributed by atoms with Gasteiger partial charge in [0.25, 0.3) is 0 Å². The summed E-state index contributed by atoms with van der Waals surface area (Å²) in [5, 5.41) is 11.1. The molecule has 0 aliphatic rings. The van der Waals surface area contributed by atoms with Gasteiger partial charge in [0, 0.05) is 18.8 Å². The first-order chi connectivity index (χ1) is 8.00. The highest BCUT2D eigenvalue weighted by molar-refractivity contribution is 9.10. The van der Waals surface area contributed by atoms with Gasteiger partial charge in [-0.1, -0.05) is 0 Å². The molecule has 0 aliphatic carbocycles. The third-order valence-electron chi connectivity index (χ3n) is 2.04. The average molecular weight is 302 g/mol. The standard InChI is InChI=1S/C10H12BrN3O3/c11-6-5-13-4-3-8(6)14-10(17)7(12)1-2-9(15)16/h3-5,7H,1-2,12H2,(H,15,16)(H,13,14,17). The van der Waals surface area contributed by atoms with Crippen molar-refractivity contribution >= 4 is 33.5 Å². The Bertz CT molecular complexity index is 425. The number of halogens is 1. The number of pyridine rings is 1. The molecule has 7 heteroatoms. The van der Waals surface area contributed by atoms with Gasteiger partial charge in [-0.3, -0.25) is 14.6 Å². The molecule has 4 N–H and O–H groups in total. The number of carboxylic acids is 1. The van der Waals surface area contributed by atoms with Crippen molar-refractivity contribution in [3.63, 3.8) is 0 Å². The third kappa shape index (κ3) is 4.49. The lowest BCUT2D eigenvalue weighted by molar-refractivity contribution is -0.137. The van der Waals surface area contributed by atoms with Crippen LogP contribution >= 0.6 is 15.9 Å². The number of rotatable bonds is 5. The lowest BCUT2D eigenvalue weighted by Crippen LogP contribution is -2.36. The number of nitrogens with zero attached hydrogens (tertiary/aromatic N) is 1. The van der Waals surface area contributed by atoms with Crippen molar-refractivity contribution in [1.82, 2.24) is 4.98 Å². The number of carbonyl (C=O) groups is 2. The Morgan fingerprint density at radius 1 is 1.59 bits per heavy atom. The smallest absolute Gasteiger partial charge is 0.303 e. The molecule has 1 aromatic heterocycles. The Labute approximate surface area is 106 Å². The van der Waals surface area contributed by atoms with Gasteiger partial charge in [0.15, 0.2) is 0 Å². The van der Waals surface area contributed by atoms with Gasteiger partial charge in [-0.05, 0) is 28.4 Å². The van der Waals surface area contributed by atoms with Crippen LogP contribution in [0.3, 0.4) is 0 Å². The molecule has 1 unspecified atom stereocenters. The summed E-state index contributed by atoms with van der Waals surface area (Å²) in [7, 11) is 0. The summed E-state index contributed by atoms with van der Waals surface area (Å²) < 4.78 is 0.638. The fraction of sp³-hybridized carbons (Fsp3) is 0.300. The van der Waals surface area contributed by atoms with Gasteiger partial charge < -0.3 is 16.2 Å². The highest BCUT2D eigenvalue weighted by Crippen LogP contribution is 2.20. The van der Waals surface area contributed by atoms with Crippen LogP contribution in [0.2, 0.25) is 0 Å². The van der Waals surface area contributed by atoms with Gasteiger partial charge in [0.05, 0.1) is 16.2 Å². The van der Waals surface area contributed by atoms with Crippen molar-refractivity contribution < 1.29 is 14.7 Å². The number of aromatic nitrogens is 1. The number of nitrogens with one attached hydrogen (secondary N) is 1. The van der Waals surface area contributed by atoms with E-state index in [2.05, 4.69) is 26.2 Å². The largest absolute Gasteiger partial charge is 0.481 e. The van der Waals surface area contributed by atoms with Gasteiger partial charge in [-0.25, -0.2) is 0 Å². The SMILES string of the molecule is NC(CCC(=O)O)C(=O)Nc1ccncc1Br. The maximum atomic E-state index is 11.6. The zero-order valence-corrected chi connectivity index (χ0v) is 10.5. The van der Waals surface area contributed by atoms with Crippen LogP contribution in [0, 0.1) is 0 Å². The molecule has 0 bridgehead atoms. The summed E-state index contributed by atoms with van der Waals surface area (Å²) in [5.74, 6) is -1.39. The van der Waals surface area contributed by atoms with E-state index < -0.39 is 17.9 Å². The maximum absolute atomic E-state index is 11.6. The molecule has 1 aromatic rings. The zero-order valence-electron chi connectivity index (χ0n) is 8.89. The maximum Gasteiger partial charge on any atom is 0.303 e. The molecule has 0 spiro atoms. The van der Waals surface area contributed by atoms with E-state index in [1.54, 1.807) is 12.3 Å². The van der Waals surface area contributed by atoms with Crippen molar-refractivity contribution in [1.29, 1.82) is 0 Å². The van der Waals surface area contributed by atoms with Crippen molar-refractivity contribution in [2.24, 2.45) is 5.73 Å². The van der Waals surface area contributed by atoms with Gasteiger partial charge in [0.1, 0.15) is 0 Å². The first-order valence-electron chi connectivity index (χ1n) is 4.88. The molecule has 0 aromatic carbocycles. The molecule has 1 amide bonds. The van der Waals surface area contributed by atoms with Gasteiger partial charge in [-0.15, -0.1) is 0 Å². The van der Waals surface area contributed by atoms with Crippen LogP contribution in [0.15, 0.2) is 22.9 Å². The summed E-state index contributed by atoms with van der Waals surface area (Å²) in [5.41, 5.74) is 6.11. The highest BCUT2D eigenvalue weighted by atomic mass is 79.9. The second kappa shape index (κ2) is 6.31. The van der Waals surface area contributed by atoms with E-state index in [1.165, 1.54) is 6.20 Å². The number of amides is 1. The molecule has 92 valence electrons. The molecule has 6 nitrogen and oxygen atoms in total. The number of hydrogen-bond donors (Lipinski definition) is 3. The number of carboxylic acid groups (broad SMARTS) is 1. The normalized spacial score (nSPS) is 11.9. The minimum Gasteiger partial charge on any atom is -0.481 e. The van der Waals surface area contributed by atoms with Crippen LogP contribution < -0.4 is 11.1 Å². The third-order valence-corrected chi connectivity index (χ3v) is 2.67. The predicted octanol–water partition coefficient (Wildman–Crippen LogP) is 0.975. The highest BCUT2D eigenvalue weighted by Gasteiger charge is 2.15. The van der Waals surface area contributed by atoms with Crippen LogP contribution in [-0.2, 0) is 9.59 Å². The van der Waals surface area contributed by atoms with Crippen LogP contribution in [0.4, 0.5) is 5.69 Å². The first-order valence-corrected chi connectivity index (χ1v) is 5.67. The molecule has 0 saturated heterocycles. The Balaban J connectivity index is 2.54. The topological polar surface area (TPSA) is 105 Å². The van der Waals surface area contributed by atoms with Crippen molar-refractivity contribution in [2.75, 3.05) is 5.32 Å². The van der Waals surface area contributed by atoms with Crippen molar-refractivity contribution in [3.8, 4) is 0 Å². The Kier molecular flexibility index (Phi) is 5.05. The fourth-order valence-electron chi connectivity index (χ4n) is 1.11. The molecule has 0 aliphatic heterocycles.